The summed E-state index contributed by atoms with van der Waals surface area (Å²) < 4.78 is 63.2. The molecule has 0 saturated carbocycles. The van der Waals surface area contributed by atoms with Crippen molar-refractivity contribution < 1.29 is 27.1 Å². The number of rotatable bonds is 5. The lowest BCUT2D eigenvalue weighted by atomic mass is 9.99. The zero-order valence-corrected chi connectivity index (χ0v) is 21.6. The Hall–Kier alpha value is -4.18. The molecule has 1 saturated heterocycles. The van der Waals surface area contributed by atoms with Crippen LogP contribution in [0.5, 0.6) is 6.01 Å². The Morgan fingerprint density at radius 3 is 2.67 bits per heavy atom. The van der Waals surface area contributed by atoms with Gasteiger partial charge in [-0.05, 0) is 30.7 Å². The number of nitrogens with zero attached hydrogens (tertiary/aromatic N) is 6. The number of alkyl halides is 3. The number of nitriles is 1. The number of fused-ring (bicyclic) bond motifs is 1. The second-order valence-electron chi connectivity index (χ2n) is 8.76. The number of pyridine rings is 1. The number of hydrogen-bond donors (Lipinski definition) is 1. The van der Waals surface area contributed by atoms with E-state index in [4.69, 9.17) is 22.1 Å². The van der Waals surface area contributed by atoms with E-state index in [0.717, 1.165) is 12.1 Å². The number of benzene rings is 1. The fourth-order valence-electron chi connectivity index (χ4n) is 4.68. The van der Waals surface area contributed by atoms with Gasteiger partial charge in [0.05, 0.1) is 47.5 Å². The standard InChI is InChI=1S/C25H22ClF4N7O2/c1-4-17(38)37-8-7-36(11-13(37)5-6-31)23-14-10-15(26)18(20(27)21(14)34-24(35-23)39-3)22-19(25(28,29)30)12(2)9-16(32)33-22/h4,9-10,13H,1,5,7-8,11H2,2-3H3,(H2,32,33)/t13-/m0/s1. The number of hydrogen-bond acceptors (Lipinski definition) is 8. The topological polar surface area (TPSA) is 121 Å². The summed E-state index contributed by atoms with van der Waals surface area (Å²) in [6, 6.07) is 3.56. The molecule has 0 radical (unpaired) electrons. The number of aryl methyl sites for hydroxylation is 1. The molecule has 3 aromatic rings. The summed E-state index contributed by atoms with van der Waals surface area (Å²) in [6.07, 6.45) is -3.71. The minimum Gasteiger partial charge on any atom is -0.467 e. The Kier molecular flexibility index (Phi) is 7.52. The maximum atomic E-state index is 16.1. The molecule has 0 spiro atoms. The third kappa shape index (κ3) is 5.12. The van der Waals surface area contributed by atoms with E-state index in [1.165, 1.54) is 25.0 Å². The Labute approximate surface area is 225 Å². The Balaban J connectivity index is 1.93. The van der Waals surface area contributed by atoms with Crippen molar-refractivity contribution in [2.24, 2.45) is 0 Å². The lowest BCUT2D eigenvalue weighted by molar-refractivity contribution is -0.137. The highest BCUT2D eigenvalue weighted by molar-refractivity contribution is 6.34. The molecule has 1 aliphatic heterocycles. The van der Waals surface area contributed by atoms with Crippen molar-refractivity contribution in [1.82, 2.24) is 19.9 Å². The van der Waals surface area contributed by atoms with Gasteiger partial charge < -0.3 is 20.3 Å². The lowest BCUT2D eigenvalue weighted by Crippen LogP contribution is -2.55. The van der Waals surface area contributed by atoms with Crippen molar-refractivity contribution >= 4 is 40.0 Å². The van der Waals surface area contributed by atoms with E-state index in [-0.39, 0.29) is 71.1 Å². The maximum absolute atomic E-state index is 16.1. The zero-order valence-electron chi connectivity index (χ0n) is 20.8. The highest BCUT2D eigenvalue weighted by Crippen LogP contribution is 2.44. The first-order valence-electron chi connectivity index (χ1n) is 11.5. The summed E-state index contributed by atoms with van der Waals surface area (Å²) in [5.74, 6) is -1.59. The van der Waals surface area contributed by atoms with E-state index in [9.17, 15) is 23.2 Å². The minimum absolute atomic E-state index is 0.0101. The van der Waals surface area contributed by atoms with Gasteiger partial charge in [-0.25, -0.2) is 9.37 Å². The van der Waals surface area contributed by atoms with Crippen molar-refractivity contribution in [3.05, 3.63) is 46.8 Å². The van der Waals surface area contributed by atoms with E-state index in [0.29, 0.717) is 0 Å². The molecule has 2 aromatic heterocycles. The fourth-order valence-corrected chi connectivity index (χ4v) is 4.96. The highest BCUT2D eigenvalue weighted by Gasteiger charge is 2.39. The van der Waals surface area contributed by atoms with Gasteiger partial charge in [-0.15, -0.1) is 0 Å². The number of anilines is 2. The number of nitrogens with two attached hydrogens (primary N) is 1. The van der Waals surface area contributed by atoms with E-state index in [2.05, 4.69) is 21.5 Å². The van der Waals surface area contributed by atoms with Crippen molar-refractivity contribution in [2.75, 3.05) is 37.4 Å². The molecular weight excluding hydrogens is 542 g/mol. The van der Waals surface area contributed by atoms with Crippen LogP contribution in [0.2, 0.25) is 5.02 Å². The van der Waals surface area contributed by atoms with Crippen LogP contribution in [0.4, 0.5) is 29.2 Å². The second kappa shape index (κ2) is 10.5. The molecule has 39 heavy (non-hydrogen) atoms. The van der Waals surface area contributed by atoms with E-state index < -0.39 is 34.9 Å². The number of aromatic nitrogens is 3. The SMILES string of the molecule is C=CC(=O)N1CCN(c2nc(OC)nc3c(F)c(-c4nc(N)cc(C)c4C(F)(F)F)c(Cl)cc23)C[C@@H]1CC#N. The molecule has 9 nitrogen and oxygen atoms in total. The molecule has 2 N–H and O–H groups in total. The molecule has 1 fully saturated rings. The van der Waals surface area contributed by atoms with Gasteiger partial charge in [0.15, 0.2) is 5.82 Å². The van der Waals surface area contributed by atoms with Crippen LogP contribution in [0, 0.1) is 24.1 Å². The number of carbonyl (C=O) groups is 1. The van der Waals surface area contributed by atoms with Gasteiger partial charge in [0.25, 0.3) is 0 Å². The molecule has 4 rings (SSSR count). The lowest BCUT2D eigenvalue weighted by Gasteiger charge is -2.41. The largest absolute Gasteiger partial charge is 0.467 e. The molecule has 1 atom stereocenters. The first kappa shape index (κ1) is 27.8. The molecular formula is C25H22ClF4N7O2. The third-order valence-corrected chi connectivity index (χ3v) is 6.65. The average molecular weight is 564 g/mol. The number of methoxy groups -OCH3 is 1. The predicted octanol–water partition coefficient (Wildman–Crippen LogP) is 4.52. The quantitative estimate of drug-likeness (QED) is 0.355. The number of ether oxygens (including phenoxy) is 1. The Morgan fingerprint density at radius 1 is 1.33 bits per heavy atom. The van der Waals surface area contributed by atoms with Crippen LogP contribution in [0.25, 0.3) is 22.2 Å². The summed E-state index contributed by atoms with van der Waals surface area (Å²) in [6.45, 7) is 5.28. The number of carbonyl (C=O) groups excluding carboxylic acids is 1. The van der Waals surface area contributed by atoms with Crippen LogP contribution in [0.15, 0.2) is 24.8 Å². The van der Waals surface area contributed by atoms with Crippen LogP contribution >= 0.6 is 11.6 Å². The van der Waals surface area contributed by atoms with Gasteiger partial charge in [0.1, 0.15) is 17.2 Å². The molecule has 1 aliphatic rings. The van der Waals surface area contributed by atoms with Gasteiger partial charge in [0.2, 0.25) is 5.91 Å². The Morgan fingerprint density at radius 2 is 2.05 bits per heavy atom. The molecule has 0 unspecified atom stereocenters. The summed E-state index contributed by atoms with van der Waals surface area (Å²) in [5.41, 5.74) is 2.54. The molecule has 0 aliphatic carbocycles. The minimum atomic E-state index is -4.88. The van der Waals surface area contributed by atoms with E-state index in [1.54, 1.807) is 4.90 Å². The number of halogens is 5. The monoisotopic (exact) mass is 563 g/mol. The molecule has 204 valence electrons. The highest BCUT2D eigenvalue weighted by atomic mass is 35.5. The van der Waals surface area contributed by atoms with Crippen LogP contribution in [-0.4, -0.2) is 58.5 Å². The molecule has 1 amide bonds. The van der Waals surface area contributed by atoms with Crippen molar-refractivity contribution in [3.8, 4) is 23.3 Å². The first-order valence-corrected chi connectivity index (χ1v) is 11.9. The number of amides is 1. The van der Waals surface area contributed by atoms with Gasteiger partial charge >= 0.3 is 12.2 Å². The van der Waals surface area contributed by atoms with Crippen molar-refractivity contribution in [2.45, 2.75) is 25.6 Å². The molecule has 14 heteroatoms. The summed E-state index contributed by atoms with van der Waals surface area (Å²) in [7, 11) is 1.25. The van der Waals surface area contributed by atoms with Crippen LogP contribution < -0.4 is 15.4 Å². The van der Waals surface area contributed by atoms with Crippen LogP contribution in [0.1, 0.15) is 17.5 Å². The fraction of sp³-hybridized carbons (Fsp3) is 0.320. The number of nitrogen functional groups attached to an aromatic ring is 1. The van der Waals surface area contributed by atoms with Crippen LogP contribution in [-0.2, 0) is 11.0 Å². The average Bonchev–Trinajstić information content (AvgIpc) is 2.86. The van der Waals surface area contributed by atoms with Crippen LogP contribution in [0.3, 0.4) is 0 Å². The third-order valence-electron chi connectivity index (χ3n) is 6.35. The summed E-state index contributed by atoms with van der Waals surface area (Å²) in [5, 5.41) is 9.02. The van der Waals surface area contributed by atoms with Gasteiger partial charge in [-0.2, -0.15) is 28.4 Å². The Bertz CT molecular complexity index is 1520. The van der Waals surface area contributed by atoms with E-state index in [1.807, 2.05) is 6.07 Å². The molecule has 0 bridgehead atoms. The number of piperazine rings is 1. The predicted molar refractivity (Wildman–Crippen MR) is 137 cm³/mol. The van der Waals surface area contributed by atoms with E-state index >= 15 is 4.39 Å². The molecule has 1 aromatic carbocycles. The van der Waals surface area contributed by atoms with Gasteiger partial charge in [-0.1, -0.05) is 18.2 Å². The summed E-state index contributed by atoms with van der Waals surface area (Å²) >= 11 is 6.42. The molecule has 3 heterocycles. The summed E-state index contributed by atoms with van der Waals surface area (Å²) in [4.78, 5) is 27.7. The smallest absolute Gasteiger partial charge is 0.418 e. The second-order valence-corrected chi connectivity index (χ2v) is 9.17. The van der Waals surface area contributed by atoms with Gasteiger partial charge in [-0.3, -0.25) is 4.79 Å². The normalized spacial score (nSPS) is 15.8. The maximum Gasteiger partial charge on any atom is 0.418 e. The zero-order chi connectivity index (χ0) is 28.6. The van der Waals surface area contributed by atoms with Crippen molar-refractivity contribution in [1.29, 1.82) is 5.26 Å². The van der Waals surface area contributed by atoms with Gasteiger partial charge in [0, 0.05) is 25.0 Å². The van der Waals surface area contributed by atoms with Crippen molar-refractivity contribution in [3.63, 3.8) is 0 Å². The first-order chi connectivity index (χ1) is 18.4.